The molecule has 2 heteroatoms. The molecule has 0 spiro atoms. The topological polar surface area (TPSA) is 25.2 Å². The molecule has 170 valence electrons. The highest BCUT2D eigenvalue weighted by Crippen LogP contribution is 2.40. The van der Waals surface area contributed by atoms with Crippen molar-refractivity contribution in [2.45, 2.75) is 0 Å². The number of furan rings is 1. The van der Waals surface area contributed by atoms with E-state index >= 15 is 0 Å². The molecule has 0 fully saturated rings. The summed E-state index contributed by atoms with van der Waals surface area (Å²) in [5, 5.41) is 8.39. The molecule has 36 heavy (non-hydrogen) atoms. The van der Waals surface area contributed by atoms with Gasteiger partial charge in [0.1, 0.15) is 11.2 Å². The monoisotopic (exact) mass is 461 g/mol. The highest BCUT2D eigenvalue weighted by molar-refractivity contribution is 6.09. The van der Waals surface area contributed by atoms with Crippen LogP contribution in [0, 0.1) is 0 Å². The van der Waals surface area contributed by atoms with Gasteiger partial charge in [-0.1, -0.05) is 97.1 Å². The van der Waals surface area contributed by atoms with Gasteiger partial charge >= 0.3 is 0 Å². The number of para-hydroxylation sites is 1. The second-order valence-electron chi connectivity index (χ2n) is 9.09. The van der Waals surface area contributed by atoms with E-state index in [0.29, 0.717) is 0 Å². The van der Waals surface area contributed by atoms with Crippen LogP contribution in [0.3, 0.4) is 0 Å². The van der Waals surface area contributed by atoms with Gasteiger partial charge in [0.05, 0.1) is 0 Å². The molecule has 0 aliphatic heterocycles. The van der Waals surface area contributed by atoms with Crippen molar-refractivity contribution in [2.24, 2.45) is 0 Å². The maximum absolute atomic E-state index is 6.22. The van der Waals surface area contributed by atoms with E-state index in [4.69, 9.17) is 4.42 Å². The average Bonchev–Trinajstić information content (AvgIpc) is 3.32. The summed E-state index contributed by atoms with van der Waals surface area (Å²) < 4.78 is 6.22. The van der Waals surface area contributed by atoms with Crippen molar-refractivity contribution in [3.8, 4) is 22.3 Å². The molecule has 0 unspecified atom stereocenters. The molecule has 0 aliphatic rings. The molecule has 0 aliphatic carbocycles. The zero-order valence-corrected chi connectivity index (χ0v) is 19.6. The number of hydrogen-bond donors (Lipinski definition) is 1. The van der Waals surface area contributed by atoms with Crippen LogP contribution in [0.2, 0.25) is 0 Å². The minimum atomic E-state index is 0.903. The van der Waals surface area contributed by atoms with E-state index in [2.05, 4.69) is 121 Å². The van der Waals surface area contributed by atoms with Gasteiger partial charge in [-0.2, -0.15) is 0 Å². The van der Waals surface area contributed by atoms with Crippen LogP contribution in [-0.2, 0) is 0 Å². The zero-order valence-electron chi connectivity index (χ0n) is 19.6. The van der Waals surface area contributed by atoms with Crippen LogP contribution in [0.1, 0.15) is 0 Å². The lowest BCUT2D eigenvalue weighted by atomic mass is 9.95. The van der Waals surface area contributed by atoms with Crippen LogP contribution < -0.4 is 5.32 Å². The van der Waals surface area contributed by atoms with Crippen molar-refractivity contribution < 1.29 is 4.42 Å². The molecule has 6 aromatic carbocycles. The fourth-order valence-electron chi connectivity index (χ4n) is 5.10. The van der Waals surface area contributed by atoms with Crippen molar-refractivity contribution >= 4 is 44.1 Å². The molecule has 7 rings (SSSR count). The molecule has 1 heterocycles. The van der Waals surface area contributed by atoms with E-state index in [1.807, 2.05) is 18.2 Å². The van der Waals surface area contributed by atoms with Gasteiger partial charge in [-0.25, -0.2) is 0 Å². The third-order valence-electron chi connectivity index (χ3n) is 6.87. The Kier molecular flexibility index (Phi) is 4.82. The Morgan fingerprint density at radius 1 is 0.444 bits per heavy atom. The summed E-state index contributed by atoms with van der Waals surface area (Å²) in [7, 11) is 0. The van der Waals surface area contributed by atoms with E-state index in [0.717, 1.165) is 38.9 Å². The van der Waals surface area contributed by atoms with Gasteiger partial charge < -0.3 is 9.73 Å². The van der Waals surface area contributed by atoms with E-state index < -0.39 is 0 Å². The summed E-state index contributed by atoms with van der Waals surface area (Å²) in [6.45, 7) is 0. The molecule has 0 saturated carbocycles. The highest BCUT2D eigenvalue weighted by Gasteiger charge is 2.14. The Balaban J connectivity index is 1.34. The molecule has 0 radical (unpaired) electrons. The number of fused-ring (bicyclic) bond motifs is 4. The molecular formula is C34H23NO. The van der Waals surface area contributed by atoms with Crippen LogP contribution in [0.25, 0.3) is 55.0 Å². The second kappa shape index (κ2) is 8.44. The number of anilines is 2. The second-order valence-corrected chi connectivity index (χ2v) is 9.09. The first kappa shape index (κ1) is 20.5. The first-order valence-corrected chi connectivity index (χ1v) is 12.2. The molecule has 0 atom stereocenters. The summed E-state index contributed by atoms with van der Waals surface area (Å²) in [6.07, 6.45) is 0. The highest BCUT2D eigenvalue weighted by atomic mass is 16.3. The Morgan fingerprint density at radius 3 is 1.97 bits per heavy atom. The van der Waals surface area contributed by atoms with Gasteiger partial charge in [0.15, 0.2) is 0 Å². The van der Waals surface area contributed by atoms with E-state index in [9.17, 15) is 0 Å². The van der Waals surface area contributed by atoms with Crippen LogP contribution in [0.4, 0.5) is 11.4 Å². The van der Waals surface area contributed by atoms with Gasteiger partial charge in [0.2, 0.25) is 0 Å². The predicted octanol–water partition coefficient (Wildman–Crippen LogP) is 9.82. The molecule has 0 bridgehead atoms. The maximum atomic E-state index is 6.22. The quantitative estimate of drug-likeness (QED) is 0.282. The van der Waals surface area contributed by atoms with Crippen LogP contribution >= 0.6 is 0 Å². The zero-order chi connectivity index (χ0) is 23.9. The maximum Gasteiger partial charge on any atom is 0.136 e. The smallest absolute Gasteiger partial charge is 0.136 e. The standard InChI is InChI=1S/C34H23NO/c1-2-8-23(9-3-1)24-14-18-27(19-15-24)35-31-21-17-25-10-4-5-11-28(25)34(31)26-16-20-30-29-12-6-7-13-32(29)36-33(30)22-26/h1-22,35H. The fraction of sp³-hybridized carbons (Fsp3) is 0. The molecule has 2 nitrogen and oxygen atoms in total. The fourth-order valence-corrected chi connectivity index (χ4v) is 5.10. The Labute approximate surface area is 209 Å². The van der Waals surface area contributed by atoms with Gasteiger partial charge in [-0.15, -0.1) is 0 Å². The van der Waals surface area contributed by atoms with Crippen molar-refractivity contribution in [1.82, 2.24) is 0 Å². The average molecular weight is 462 g/mol. The third-order valence-corrected chi connectivity index (χ3v) is 6.87. The normalized spacial score (nSPS) is 11.3. The molecule has 0 amide bonds. The third kappa shape index (κ3) is 3.52. The molecule has 1 N–H and O–H groups in total. The molecule has 1 aromatic heterocycles. The molecular weight excluding hydrogens is 438 g/mol. The first-order valence-electron chi connectivity index (χ1n) is 12.2. The lowest BCUT2D eigenvalue weighted by molar-refractivity contribution is 0.669. The SMILES string of the molecule is c1ccc(-c2ccc(Nc3ccc4ccccc4c3-c3ccc4c(c3)oc3ccccc34)cc2)cc1. The van der Waals surface area contributed by atoms with Crippen LogP contribution in [-0.4, -0.2) is 0 Å². The van der Waals surface area contributed by atoms with Gasteiger partial charge in [0.25, 0.3) is 0 Å². The van der Waals surface area contributed by atoms with E-state index in [-0.39, 0.29) is 0 Å². The van der Waals surface area contributed by atoms with Crippen molar-refractivity contribution in [1.29, 1.82) is 0 Å². The summed E-state index contributed by atoms with van der Waals surface area (Å²) in [5.74, 6) is 0. The van der Waals surface area contributed by atoms with Crippen LogP contribution in [0.15, 0.2) is 138 Å². The lowest BCUT2D eigenvalue weighted by Crippen LogP contribution is -1.95. The molecule has 0 saturated heterocycles. The Hall–Kier alpha value is -4.82. The minimum absolute atomic E-state index is 0.903. The predicted molar refractivity (Wildman–Crippen MR) is 152 cm³/mol. The first-order chi connectivity index (χ1) is 17.8. The number of benzene rings is 6. The van der Waals surface area contributed by atoms with E-state index in [1.165, 1.54) is 27.5 Å². The van der Waals surface area contributed by atoms with Crippen molar-refractivity contribution in [3.63, 3.8) is 0 Å². The van der Waals surface area contributed by atoms with E-state index in [1.54, 1.807) is 0 Å². The number of hydrogen-bond acceptors (Lipinski definition) is 2. The summed E-state index contributed by atoms with van der Waals surface area (Å²) in [5.41, 5.74) is 8.65. The van der Waals surface area contributed by atoms with Gasteiger partial charge in [-0.05, 0) is 63.9 Å². The summed E-state index contributed by atoms with van der Waals surface area (Å²) in [6, 6.07) is 46.7. The molecule has 7 aromatic rings. The van der Waals surface area contributed by atoms with Crippen LogP contribution in [0.5, 0.6) is 0 Å². The lowest BCUT2D eigenvalue weighted by Gasteiger charge is -2.16. The number of nitrogens with one attached hydrogen (secondary N) is 1. The summed E-state index contributed by atoms with van der Waals surface area (Å²) in [4.78, 5) is 0. The van der Waals surface area contributed by atoms with Crippen molar-refractivity contribution in [3.05, 3.63) is 133 Å². The number of rotatable bonds is 4. The largest absolute Gasteiger partial charge is 0.456 e. The Bertz CT molecular complexity index is 1850. The van der Waals surface area contributed by atoms with Gasteiger partial charge in [-0.3, -0.25) is 0 Å². The Morgan fingerprint density at radius 2 is 1.11 bits per heavy atom. The van der Waals surface area contributed by atoms with Gasteiger partial charge in [0, 0.05) is 27.7 Å². The minimum Gasteiger partial charge on any atom is -0.456 e. The summed E-state index contributed by atoms with van der Waals surface area (Å²) >= 11 is 0. The van der Waals surface area contributed by atoms with Crippen molar-refractivity contribution in [2.75, 3.05) is 5.32 Å².